The third kappa shape index (κ3) is 5.50. The van der Waals surface area contributed by atoms with Crippen molar-refractivity contribution in [2.75, 3.05) is 0 Å². The Balaban J connectivity index is 0.000000211. The van der Waals surface area contributed by atoms with Crippen molar-refractivity contribution in [3.63, 3.8) is 0 Å². The van der Waals surface area contributed by atoms with Crippen LogP contribution in [0.3, 0.4) is 0 Å². The molecule has 2 aliphatic rings. The molecule has 2 aromatic rings. The standard InChI is InChI=1S/C18H24O.C7H6F2/c1-13-5-7-14(8-6-13)15-9-11-17(12-10-15)18(19)16-3-2-4-16;1-5-2-6(8)4-7(9)3-5/h9-14,16H,2-8H2,1H3;2-4H,1H3. The average Bonchev–Trinajstić information content (AvgIpc) is 2.60. The highest BCUT2D eigenvalue weighted by Crippen LogP contribution is 2.36. The van der Waals surface area contributed by atoms with Crippen LogP contribution in [0.15, 0.2) is 42.5 Å². The molecule has 0 radical (unpaired) electrons. The molecule has 0 spiro atoms. The molecule has 0 saturated heterocycles. The zero-order valence-electron chi connectivity index (χ0n) is 16.9. The van der Waals surface area contributed by atoms with E-state index in [4.69, 9.17) is 0 Å². The maximum atomic E-state index is 12.2. The van der Waals surface area contributed by atoms with Crippen LogP contribution >= 0.6 is 0 Å². The lowest BCUT2D eigenvalue weighted by molar-refractivity contribution is 0.0855. The second-order valence-corrected chi connectivity index (χ2v) is 8.52. The number of benzene rings is 2. The monoisotopic (exact) mass is 384 g/mol. The SMILES string of the molecule is CC1CCC(c2ccc(C(=O)C3CCC3)cc2)CC1.Cc1cc(F)cc(F)c1. The van der Waals surface area contributed by atoms with E-state index in [1.807, 2.05) is 0 Å². The lowest BCUT2D eigenvalue weighted by Crippen LogP contribution is -2.21. The van der Waals surface area contributed by atoms with Crippen LogP contribution in [-0.4, -0.2) is 5.78 Å². The van der Waals surface area contributed by atoms with E-state index in [1.54, 1.807) is 6.92 Å². The first-order valence-electron chi connectivity index (χ1n) is 10.5. The van der Waals surface area contributed by atoms with Crippen molar-refractivity contribution in [3.8, 4) is 0 Å². The first-order chi connectivity index (χ1) is 13.4. The van der Waals surface area contributed by atoms with Gasteiger partial charge in [-0.2, -0.15) is 0 Å². The van der Waals surface area contributed by atoms with E-state index in [2.05, 4.69) is 31.2 Å². The normalized spacial score (nSPS) is 22.0. The van der Waals surface area contributed by atoms with Crippen LogP contribution < -0.4 is 0 Å². The van der Waals surface area contributed by atoms with Gasteiger partial charge in [-0.1, -0.05) is 50.5 Å². The maximum Gasteiger partial charge on any atom is 0.165 e. The van der Waals surface area contributed by atoms with Gasteiger partial charge in [0.2, 0.25) is 0 Å². The highest BCUT2D eigenvalue weighted by molar-refractivity contribution is 5.98. The molecule has 0 atom stereocenters. The Morgan fingerprint density at radius 3 is 1.89 bits per heavy atom. The van der Waals surface area contributed by atoms with Crippen LogP contribution in [-0.2, 0) is 0 Å². The quantitative estimate of drug-likeness (QED) is 0.510. The molecule has 2 aliphatic carbocycles. The lowest BCUT2D eigenvalue weighted by Gasteiger charge is -2.27. The third-order valence-corrected chi connectivity index (χ3v) is 6.17. The van der Waals surface area contributed by atoms with Gasteiger partial charge in [-0.05, 0) is 67.7 Å². The highest BCUT2D eigenvalue weighted by atomic mass is 19.1. The van der Waals surface area contributed by atoms with E-state index in [1.165, 1.54) is 49.8 Å². The van der Waals surface area contributed by atoms with Crippen LogP contribution in [0, 0.1) is 30.4 Å². The Morgan fingerprint density at radius 2 is 1.43 bits per heavy atom. The number of rotatable bonds is 3. The minimum absolute atomic E-state index is 0.321. The van der Waals surface area contributed by atoms with Crippen molar-refractivity contribution < 1.29 is 13.6 Å². The fourth-order valence-corrected chi connectivity index (χ4v) is 4.11. The molecule has 0 N–H and O–H groups in total. The zero-order valence-corrected chi connectivity index (χ0v) is 16.9. The minimum atomic E-state index is -0.521. The summed E-state index contributed by atoms with van der Waals surface area (Å²) in [6.07, 6.45) is 8.77. The summed E-state index contributed by atoms with van der Waals surface area (Å²) in [6, 6.07) is 11.9. The maximum absolute atomic E-state index is 12.2. The average molecular weight is 385 g/mol. The van der Waals surface area contributed by atoms with Crippen LogP contribution in [0.5, 0.6) is 0 Å². The van der Waals surface area contributed by atoms with E-state index >= 15 is 0 Å². The van der Waals surface area contributed by atoms with Gasteiger partial charge in [0, 0.05) is 17.5 Å². The number of carbonyl (C=O) groups is 1. The summed E-state index contributed by atoms with van der Waals surface area (Å²) in [5.74, 6) is 1.27. The second kappa shape index (κ2) is 9.45. The molecule has 4 rings (SSSR count). The topological polar surface area (TPSA) is 17.1 Å². The van der Waals surface area contributed by atoms with Gasteiger partial charge in [0.1, 0.15) is 11.6 Å². The number of carbonyl (C=O) groups excluding carboxylic acids is 1. The lowest BCUT2D eigenvalue weighted by atomic mass is 9.78. The molecule has 0 heterocycles. The minimum Gasteiger partial charge on any atom is -0.294 e. The molecule has 0 amide bonds. The van der Waals surface area contributed by atoms with Crippen molar-refractivity contribution in [2.24, 2.45) is 11.8 Å². The zero-order chi connectivity index (χ0) is 20.1. The van der Waals surface area contributed by atoms with Gasteiger partial charge in [0.15, 0.2) is 5.78 Å². The first-order valence-corrected chi connectivity index (χ1v) is 10.5. The third-order valence-electron chi connectivity index (χ3n) is 6.17. The Hall–Kier alpha value is -2.03. The van der Waals surface area contributed by atoms with Crippen molar-refractivity contribution in [1.82, 2.24) is 0 Å². The Labute approximate surface area is 167 Å². The molecule has 2 aromatic carbocycles. The van der Waals surface area contributed by atoms with E-state index in [0.717, 1.165) is 36.3 Å². The summed E-state index contributed by atoms with van der Waals surface area (Å²) < 4.78 is 24.4. The Morgan fingerprint density at radius 1 is 0.857 bits per heavy atom. The number of ketones is 1. The van der Waals surface area contributed by atoms with Gasteiger partial charge < -0.3 is 0 Å². The van der Waals surface area contributed by atoms with E-state index < -0.39 is 11.6 Å². The summed E-state index contributed by atoms with van der Waals surface area (Å²) in [5, 5.41) is 0. The van der Waals surface area contributed by atoms with Crippen LogP contribution in [0.2, 0.25) is 0 Å². The molecule has 0 aliphatic heterocycles. The molecule has 28 heavy (non-hydrogen) atoms. The summed E-state index contributed by atoms with van der Waals surface area (Å²) >= 11 is 0. The largest absolute Gasteiger partial charge is 0.294 e. The molecule has 0 aromatic heterocycles. The summed E-state index contributed by atoms with van der Waals surface area (Å²) in [4.78, 5) is 12.2. The summed E-state index contributed by atoms with van der Waals surface area (Å²) in [5.41, 5.74) is 2.97. The number of aryl methyl sites for hydroxylation is 1. The van der Waals surface area contributed by atoms with Gasteiger partial charge in [0.05, 0.1) is 0 Å². The molecular formula is C25H30F2O. The second-order valence-electron chi connectivity index (χ2n) is 8.52. The molecular weight excluding hydrogens is 354 g/mol. The van der Waals surface area contributed by atoms with Gasteiger partial charge in [-0.25, -0.2) is 8.78 Å². The van der Waals surface area contributed by atoms with Crippen LogP contribution in [0.4, 0.5) is 8.78 Å². The predicted molar refractivity (Wildman–Crippen MR) is 110 cm³/mol. The number of halogens is 2. The highest BCUT2D eigenvalue weighted by Gasteiger charge is 2.26. The van der Waals surface area contributed by atoms with E-state index in [-0.39, 0.29) is 0 Å². The molecule has 0 unspecified atom stereocenters. The predicted octanol–water partition coefficient (Wildman–Crippen LogP) is 7.24. The number of hydrogen-bond acceptors (Lipinski definition) is 1. The summed E-state index contributed by atoms with van der Waals surface area (Å²) in [7, 11) is 0. The molecule has 2 fully saturated rings. The van der Waals surface area contributed by atoms with Crippen molar-refractivity contribution in [2.45, 2.75) is 64.7 Å². The van der Waals surface area contributed by atoms with Crippen molar-refractivity contribution in [3.05, 3.63) is 70.8 Å². The molecule has 150 valence electrons. The van der Waals surface area contributed by atoms with Crippen molar-refractivity contribution >= 4 is 5.78 Å². The number of Topliss-reactive ketones (excluding diaryl/α,β-unsaturated/α-hetero) is 1. The van der Waals surface area contributed by atoms with Crippen LogP contribution in [0.25, 0.3) is 0 Å². The van der Waals surface area contributed by atoms with Gasteiger partial charge >= 0.3 is 0 Å². The van der Waals surface area contributed by atoms with Crippen LogP contribution in [0.1, 0.15) is 79.3 Å². The number of hydrogen-bond donors (Lipinski definition) is 0. The Kier molecular flexibility index (Phi) is 6.98. The molecule has 3 heteroatoms. The van der Waals surface area contributed by atoms with Gasteiger partial charge in [0.25, 0.3) is 0 Å². The van der Waals surface area contributed by atoms with Gasteiger partial charge in [-0.15, -0.1) is 0 Å². The Bertz CT molecular complexity index is 734. The fraction of sp³-hybridized carbons (Fsp3) is 0.480. The molecule has 0 bridgehead atoms. The fourth-order valence-electron chi connectivity index (χ4n) is 4.11. The summed E-state index contributed by atoms with van der Waals surface area (Å²) in [6.45, 7) is 4.00. The molecule has 1 nitrogen and oxygen atoms in total. The van der Waals surface area contributed by atoms with E-state index in [0.29, 0.717) is 17.3 Å². The smallest absolute Gasteiger partial charge is 0.165 e. The molecule has 2 saturated carbocycles. The first kappa shape index (κ1) is 20.7. The van der Waals surface area contributed by atoms with E-state index in [9.17, 15) is 13.6 Å². The van der Waals surface area contributed by atoms with Gasteiger partial charge in [-0.3, -0.25) is 4.79 Å². The van der Waals surface area contributed by atoms with Crippen molar-refractivity contribution in [1.29, 1.82) is 0 Å².